The van der Waals surface area contributed by atoms with Gasteiger partial charge in [-0.25, -0.2) is 4.39 Å². The van der Waals surface area contributed by atoms with Crippen LogP contribution in [0.4, 0.5) is 4.39 Å². The van der Waals surface area contributed by atoms with Crippen molar-refractivity contribution in [3.8, 4) is 5.75 Å². The van der Waals surface area contributed by atoms with Crippen LogP contribution >= 0.6 is 0 Å². The molecule has 0 bridgehead atoms. The van der Waals surface area contributed by atoms with Crippen LogP contribution in [0.25, 0.3) is 0 Å². The van der Waals surface area contributed by atoms with E-state index in [1.54, 1.807) is 12.3 Å². The fraction of sp³-hybridized carbons (Fsp3) is 0.375. The lowest BCUT2D eigenvalue weighted by atomic mass is 10.2. The van der Waals surface area contributed by atoms with Crippen molar-refractivity contribution in [1.82, 2.24) is 5.32 Å². The minimum absolute atomic E-state index is 0.249. The Labute approximate surface area is 117 Å². The van der Waals surface area contributed by atoms with Crippen molar-refractivity contribution in [3.63, 3.8) is 0 Å². The Morgan fingerprint density at radius 1 is 1.35 bits per heavy atom. The number of rotatable bonds is 6. The molecule has 3 nitrogen and oxygen atoms in total. The van der Waals surface area contributed by atoms with Gasteiger partial charge in [0.25, 0.3) is 0 Å². The highest BCUT2D eigenvalue weighted by atomic mass is 19.1. The third-order valence-electron chi connectivity index (χ3n) is 3.39. The highest BCUT2D eigenvalue weighted by Crippen LogP contribution is 2.21. The van der Waals surface area contributed by atoms with Gasteiger partial charge in [0, 0.05) is 18.2 Å². The third kappa shape index (κ3) is 3.39. The molecule has 0 unspecified atom stereocenters. The van der Waals surface area contributed by atoms with Crippen LogP contribution in [0.15, 0.2) is 34.9 Å². The van der Waals surface area contributed by atoms with Gasteiger partial charge in [-0.1, -0.05) is 0 Å². The average Bonchev–Trinajstić information content (AvgIpc) is 3.14. The van der Waals surface area contributed by atoms with E-state index in [4.69, 9.17) is 9.15 Å². The number of hydrogen-bond donors (Lipinski definition) is 1. The Kier molecular flexibility index (Phi) is 3.74. The average molecular weight is 275 g/mol. The zero-order valence-electron chi connectivity index (χ0n) is 11.5. The Morgan fingerprint density at radius 2 is 2.20 bits per heavy atom. The van der Waals surface area contributed by atoms with Gasteiger partial charge in [-0.2, -0.15) is 0 Å². The van der Waals surface area contributed by atoms with Crippen LogP contribution in [0.2, 0.25) is 0 Å². The molecule has 1 N–H and O–H groups in total. The van der Waals surface area contributed by atoms with E-state index in [0.717, 1.165) is 23.4 Å². The summed E-state index contributed by atoms with van der Waals surface area (Å²) in [6.45, 7) is 3.02. The van der Waals surface area contributed by atoms with Gasteiger partial charge in [-0.3, -0.25) is 0 Å². The molecule has 2 aromatic rings. The molecule has 0 saturated heterocycles. The Morgan fingerprint density at radius 3 is 2.95 bits per heavy atom. The first-order chi connectivity index (χ1) is 9.70. The summed E-state index contributed by atoms with van der Waals surface area (Å²) in [6.07, 6.45) is 4.31. The first-order valence-electron chi connectivity index (χ1n) is 6.89. The van der Waals surface area contributed by atoms with Gasteiger partial charge in [0.1, 0.15) is 23.9 Å². The van der Waals surface area contributed by atoms with Gasteiger partial charge < -0.3 is 14.5 Å². The lowest BCUT2D eigenvalue weighted by molar-refractivity contribution is 0.268. The number of ether oxygens (including phenoxy) is 1. The smallest absolute Gasteiger partial charge is 0.146 e. The van der Waals surface area contributed by atoms with Crippen LogP contribution in [0.3, 0.4) is 0 Å². The maximum Gasteiger partial charge on any atom is 0.146 e. The van der Waals surface area contributed by atoms with Crippen molar-refractivity contribution in [1.29, 1.82) is 0 Å². The highest BCUT2D eigenvalue weighted by molar-refractivity contribution is 5.32. The van der Waals surface area contributed by atoms with Crippen molar-refractivity contribution in [2.45, 2.75) is 39.0 Å². The Hall–Kier alpha value is -1.81. The number of hydrogen-bond acceptors (Lipinski definition) is 3. The van der Waals surface area contributed by atoms with E-state index in [-0.39, 0.29) is 5.82 Å². The van der Waals surface area contributed by atoms with Crippen molar-refractivity contribution in [2.75, 3.05) is 0 Å². The number of halogens is 1. The second-order valence-corrected chi connectivity index (χ2v) is 5.27. The Balaban J connectivity index is 1.54. The van der Waals surface area contributed by atoms with E-state index >= 15 is 0 Å². The summed E-state index contributed by atoms with van der Waals surface area (Å²) in [6, 6.07) is 7.18. The minimum atomic E-state index is -0.249. The lowest BCUT2D eigenvalue weighted by Crippen LogP contribution is -2.14. The van der Waals surface area contributed by atoms with Crippen molar-refractivity contribution in [3.05, 3.63) is 53.2 Å². The maximum atomic E-state index is 13.0. The van der Waals surface area contributed by atoms with E-state index in [9.17, 15) is 4.39 Å². The molecule has 0 amide bonds. The Bertz CT molecular complexity index is 590. The van der Waals surface area contributed by atoms with Crippen LogP contribution < -0.4 is 10.1 Å². The number of nitrogens with one attached hydrogen (secondary N) is 1. The molecular weight excluding hydrogens is 257 g/mol. The summed E-state index contributed by atoms with van der Waals surface area (Å²) >= 11 is 0. The van der Waals surface area contributed by atoms with Gasteiger partial charge in [-0.05, 0) is 49.6 Å². The summed E-state index contributed by atoms with van der Waals surface area (Å²) in [7, 11) is 0. The molecule has 0 aliphatic heterocycles. The summed E-state index contributed by atoms with van der Waals surface area (Å²) in [5.74, 6) is 1.21. The quantitative estimate of drug-likeness (QED) is 0.875. The van der Waals surface area contributed by atoms with Crippen molar-refractivity contribution < 1.29 is 13.5 Å². The zero-order chi connectivity index (χ0) is 13.9. The SMILES string of the molecule is Cc1cc(F)ccc1OCc1cc(CNC2CC2)co1. The molecule has 1 saturated carbocycles. The molecule has 0 atom stereocenters. The molecule has 106 valence electrons. The second kappa shape index (κ2) is 5.67. The predicted molar refractivity (Wildman–Crippen MR) is 74.0 cm³/mol. The molecule has 1 heterocycles. The van der Waals surface area contributed by atoms with Crippen LogP contribution in [-0.4, -0.2) is 6.04 Å². The monoisotopic (exact) mass is 275 g/mol. The second-order valence-electron chi connectivity index (χ2n) is 5.27. The number of aryl methyl sites for hydroxylation is 1. The summed E-state index contributed by atoms with van der Waals surface area (Å²) < 4.78 is 24.1. The fourth-order valence-electron chi connectivity index (χ4n) is 2.07. The summed E-state index contributed by atoms with van der Waals surface area (Å²) in [4.78, 5) is 0. The van der Waals surface area contributed by atoms with Crippen molar-refractivity contribution >= 4 is 0 Å². The van der Waals surface area contributed by atoms with E-state index < -0.39 is 0 Å². The van der Waals surface area contributed by atoms with Gasteiger partial charge >= 0.3 is 0 Å². The predicted octanol–water partition coefficient (Wildman–Crippen LogP) is 3.56. The minimum Gasteiger partial charge on any atom is -0.485 e. The lowest BCUT2D eigenvalue weighted by Gasteiger charge is -2.07. The molecule has 1 aromatic carbocycles. The summed E-state index contributed by atoms with van der Waals surface area (Å²) in [5, 5.41) is 3.43. The van der Waals surface area contributed by atoms with Gasteiger partial charge in [-0.15, -0.1) is 0 Å². The molecule has 4 heteroatoms. The van der Waals surface area contributed by atoms with Crippen molar-refractivity contribution in [2.24, 2.45) is 0 Å². The number of furan rings is 1. The molecule has 0 radical (unpaired) electrons. The van der Waals surface area contributed by atoms with Crippen LogP contribution in [0, 0.1) is 12.7 Å². The van der Waals surface area contributed by atoms with E-state index in [1.165, 1.54) is 25.0 Å². The highest BCUT2D eigenvalue weighted by Gasteiger charge is 2.20. The van der Waals surface area contributed by atoms with E-state index in [1.807, 2.05) is 13.0 Å². The molecule has 1 aromatic heterocycles. The van der Waals surface area contributed by atoms with E-state index in [0.29, 0.717) is 18.4 Å². The first kappa shape index (κ1) is 13.2. The molecule has 1 aliphatic rings. The van der Waals surface area contributed by atoms with Gasteiger partial charge in [0.05, 0.1) is 6.26 Å². The van der Waals surface area contributed by atoms with Gasteiger partial charge in [0.15, 0.2) is 0 Å². The van der Waals surface area contributed by atoms with Crippen LogP contribution in [0.1, 0.15) is 29.7 Å². The third-order valence-corrected chi connectivity index (χ3v) is 3.39. The van der Waals surface area contributed by atoms with Crippen LogP contribution in [-0.2, 0) is 13.2 Å². The fourth-order valence-corrected chi connectivity index (χ4v) is 2.07. The zero-order valence-corrected chi connectivity index (χ0v) is 11.5. The molecule has 1 fully saturated rings. The normalized spacial score (nSPS) is 14.5. The van der Waals surface area contributed by atoms with Crippen LogP contribution in [0.5, 0.6) is 5.75 Å². The largest absolute Gasteiger partial charge is 0.485 e. The van der Waals surface area contributed by atoms with E-state index in [2.05, 4.69) is 5.32 Å². The topological polar surface area (TPSA) is 34.4 Å². The molecular formula is C16H18FNO2. The molecule has 0 spiro atoms. The first-order valence-corrected chi connectivity index (χ1v) is 6.89. The van der Waals surface area contributed by atoms with Gasteiger partial charge in [0.2, 0.25) is 0 Å². The molecule has 3 rings (SSSR count). The standard InChI is InChI=1S/C16H18FNO2/c1-11-6-13(17)2-5-16(11)20-10-15-7-12(9-19-15)8-18-14-3-4-14/h2,5-7,9,14,18H,3-4,8,10H2,1H3. The molecule has 20 heavy (non-hydrogen) atoms. The number of benzene rings is 1. The molecule has 1 aliphatic carbocycles. The summed E-state index contributed by atoms with van der Waals surface area (Å²) in [5.41, 5.74) is 1.92. The maximum absolute atomic E-state index is 13.0.